The Labute approximate surface area is 123 Å². The van der Waals surface area contributed by atoms with Gasteiger partial charge in [0, 0.05) is 6.54 Å². The molecule has 114 valence electrons. The summed E-state index contributed by atoms with van der Waals surface area (Å²) in [6.07, 6.45) is 0. The number of aryl methyl sites for hydroxylation is 1. The zero-order valence-corrected chi connectivity index (χ0v) is 12.6. The molecule has 0 bridgehead atoms. The molecule has 0 aliphatic rings. The van der Waals surface area contributed by atoms with Crippen LogP contribution < -0.4 is 10.0 Å². The predicted octanol–water partition coefficient (Wildman–Crippen LogP) is 1.93. The summed E-state index contributed by atoms with van der Waals surface area (Å²) in [7, 11) is -2.19. The number of furan rings is 1. The van der Waals surface area contributed by atoms with Gasteiger partial charge < -0.3 is 9.73 Å². The zero-order chi connectivity index (χ0) is 15.5. The summed E-state index contributed by atoms with van der Waals surface area (Å²) >= 11 is 0. The van der Waals surface area contributed by atoms with Gasteiger partial charge in [0.2, 0.25) is 10.0 Å². The van der Waals surface area contributed by atoms with E-state index in [0.717, 1.165) is 0 Å². The highest BCUT2D eigenvalue weighted by atomic mass is 32.2. The van der Waals surface area contributed by atoms with E-state index in [9.17, 15) is 12.8 Å². The van der Waals surface area contributed by atoms with Crippen molar-refractivity contribution >= 4 is 10.0 Å². The van der Waals surface area contributed by atoms with Crippen LogP contribution in [0.15, 0.2) is 39.6 Å². The van der Waals surface area contributed by atoms with Gasteiger partial charge >= 0.3 is 0 Å². The molecule has 7 heteroatoms. The monoisotopic (exact) mass is 312 g/mol. The SMILES string of the molecule is CNCc1ccc(S(=O)(=O)NCc2ccc(C)o2)c(F)c1. The van der Waals surface area contributed by atoms with Crippen LogP contribution in [0.1, 0.15) is 17.1 Å². The minimum absolute atomic E-state index is 0.0200. The first-order valence-electron chi connectivity index (χ1n) is 6.40. The maximum Gasteiger partial charge on any atom is 0.243 e. The van der Waals surface area contributed by atoms with Crippen LogP contribution in [0.2, 0.25) is 0 Å². The third-order valence-corrected chi connectivity index (χ3v) is 4.33. The molecule has 0 spiro atoms. The lowest BCUT2D eigenvalue weighted by Gasteiger charge is -2.08. The van der Waals surface area contributed by atoms with Crippen LogP contribution >= 0.6 is 0 Å². The first-order chi connectivity index (χ1) is 9.92. The third kappa shape index (κ3) is 3.90. The fraction of sp³-hybridized carbons (Fsp3) is 0.286. The first-order valence-corrected chi connectivity index (χ1v) is 7.88. The Kier molecular flexibility index (Phi) is 4.76. The van der Waals surface area contributed by atoms with Crippen molar-refractivity contribution in [1.82, 2.24) is 10.0 Å². The molecule has 2 aromatic rings. The Bertz CT molecular complexity index is 726. The highest BCUT2D eigenvalue weighted by Gasteiger charge is 2.19. The number of hydrogen-bond acceptors (Lipinski definition) is 4. The van der Waals surface area contributed by atoms with E-state index < -0.39 is 15.8 Å². The van der Waals surface area contributed by atoms with Gasteiger partial charge in [0.05, 0.1) is 6.54 Å². The molecule has 5 nitrogen and oxygen atoms in total. The van der Waals surface area contributed by atoms with Gasteiger partial charge in [0.15, 0.2) is 0 Å². The Hall–Kier alpha value is -1.70. The van der Waals surface area contributed by atoms with Gasteiger partial charge in [-0.2, -0.15) is 0 Å². The van der Waals surface area contributed by atoms with Crippen molar-refractivity contribution in [3.05, 3.63) is 53.2 Å². The van der Waals surface area contributed by atoms with Crippen LogP contribution in [0.25, 0.3) is 0 Å². The Morgan fingerprint density at radius 3 is 2.52 bits per heavy atom. The van der Waals surface area contributed by atoms with Gasteiger partial charge in [-0.1, -0.05) is 6.07 Å². The van der Waals surface area contributed by atoms with Crippen LogP contribution in [0, 0.1) is 12.7 Å². The molecule has 2 N–H and O–H groups in total. The average Bonchev–Trinajstić information content (AvgIpc) is 2.83. The molecule has 0 fully saturated rings. The molecule has 2 rings (SSSR count). The van der Waals surface area contributed by atoms with Crippen molar-refractivity contribution in [2.45, 2.75) is 24.9 Å². The van der Waals surface area contributed by atoms with Crippen molar-refractivity contribution in [2.24, 2.45) is 0 Å². The minimum Gasteiger partial charge on any atom is -0.465 e. The van der Waals surface area contributed by atoms with Gasteiger partial charge in [0.25, 0.3) is 0 Å². The molecule has 0 saturated carbocycles. The minimum atomic E-state index is -3.92. The largest absolute Gasteiger partial charge is 0.465 e. The molecule has 0 atom stereocenters. The second kappa shape index (κ2) is 6.38. The molecule has 0 amide bonds. The van der Waals surface area contributed by atoms with E-state index in [1.165, 1.54) is 12.1 Å². The molecule has 0 radical (unpaired) electrons. The molecule has 1 heterocycles. The second-order valence-corrected chi connectivity index (χ2v) is 6.37. The van der Waals surface area contributed by atoms with E-state index in [1.54, 1.807) is 32.2 Å². The van der Waals surface area contributed by atoms with Gasteiger partial charge in [-0.3, -0.25) is 0 Å². The van der Waals surface area contributed by atoms with Crippen molar-refractivity contribution in [3.63, 3.8) is 0 Å². The van der Waals surface area contributed by atoms with Crippen LogP contribution in [-0.4, -0.2) is 15.5 Å². The molecule has 1 aromatic heterocycles. The summed E-state index contributed by atoms with van der Waals surface area (Å²) in [6, 6.07) is 7.45. The van der Waals surface area contributed by atoms with Crippen molar-refractivity contribution in [3.8, 4) is 0 Å². The lowest BCUT2D eigenvalue weighted by Crippen LogP contribution is -2.24. The topological polar surface area (TPSA) is 71.3 Å². The Balaban J connectivity index is 2.15. The van der Waals surface area contributed by atoms with E-state index in [1.807, 2.05) is 0 Å². The number of benzene rings is 1. The Morgan fingerprint density at radius 2 is 1.95 bits per heavy atom. The number of sulfonamides is 1. The molecule has 0 aliphatic heterocycles. The molecule has 21 heavy (non-hydrogen) atoms. The summed E-state index contributed by atoms with van der Waals surface area (Å²) in [4.78, 5) is -0.370. The van der Waals surface area contributed by atoms with Gasteiger partial charge in [-0.15, -0.1) is 0 Å². The van der Waals surface area contributed by atoms with Gasteiger partial charge in [-0.25, -0.2) is 17.5 Å². The number of halogens is 1. The van der Waals surface area contributed by atoms with Crippen molar-refractivity contribution < 1.29 is 17.2 Å². The highest BCUT2D eigenvalue weighted by molar-refractivity contribution is 7.89. The summed E-state index contributed by atoms with van der Waals surface area (Å²) in [5.41, 5.74) is 0.676. The van der Waals surface area contributed by atoms with Crippen molar-refractivity contribution in [2.75, 3.05) is 7.05 Å². The maximum atomic E-state index is 13.9. The highest BCUT2D eigenvalue weighted by Crippen LogP contribution is 2.17. The van der Waals surface area contributed by atoms with E-state index in [4.69, 9.17) is 4.42 Å². The van der Waals surface area contributed by atoms with Gasteiger partial charge in [-0.05, 0) is 43.8 Å². The zero-order valence-electron chi connectivity index (χ0n) is 11.8. The van der Waals surface area contributed by atoms with Crippen LogP contribution in [0.3, 0.4) is 0 Å². The molecule has 0 aliphatic carbocycles. The van der Waals surface area contributed by atoms with E-state index in [0.29, 0.717) is 23.6 Å². The molecular formula is C14H17FN2O3S. The van der Waals surface area contributed by atoms with E-state index in [-0.39, 0.29) is 11.4 Å². The third-order valence-electron chi connectivity index (χ3n) is 2.90. The lowest BCUT2D eigenvalue weighted by molar-refractivity contribution is 0.474. The maximum absolute atomic E-state index is 13.9. The fourth-order valence-electron chi connectivity index (χ4n) is 1.90. The summed E-state index contributed by atoms with van der Waals surface area (Å²) in [6.45, 7) is 2.21. The fourth-order valence-corrected chi connectivity index (χ4v) is 2.95. The smallest absolute Gasteiger partial charge is 0.243 e. The van der Waals surface area contributed by atoms with Crippen LogP contribution in [0.5, 0.6) is 0 Å². The standard InChI is InChI=1S/C14H17FN2O3S/c1-10-3-5-12(20-10)9-17-21(18,19)14-6-4-11(8-16-2)7-13(14)15/h3-7,16-17H,8-9H2,1-2H3. The van der Waals surface area contributed by atoms with Crippen LogP contribution in [-0.2, 0) is 23.1 Å². The Morgan fingerprint density at radius 1 is 1.19 bits per heavy atom. The van der Waals surface area contributed by atoms with E-state index in [2.05, 4.69) is 10.0 Å². The average molecular weight is 312 g/mol. The molecule has 0 unspecified atom stereocenters. The van der Waals surface area contributed by atoms with E-state index >= 15 is 0 Å². The number of nitrogens with one attached hydrogen (secondary N) is 2. The molecular weight excluding hydrogens is 295 g/mol. The first kappa shape index (κ1) is 15.7. The van der Waals surface area contributed by atoms with Crippen LogP contribution in [0.4, 0.5) is 4.39 Å². The quantitative estimate of drug-likeness (QED) is 0.855. The summed E-state index contributed by atoms with van der Waals surface area (Å²) in [5, 5.41) is 2.87. The predicted molar refractivity (Wildman–Crippen MR) is 76.6 cm³/mol. The number of hydrogen-bond donors (Lipinski definition) is 2. The van der Waals surface area contributed by atoms with Crippen molar-refractivity contribution in [1.29, 1.82) is 0 Å². The molecule has 1 aromatic carbocycles. The molecule has 0 saturated heterocycles. The number of rotatable bonds is 6. The normalized spacial score (nSPS) is 11.8. The van der Waals surface area contributed by atoms with Gasteiger partial charge in [0.1, 0.15) is 22.2 Å². The summed E-state index contributed by atoms with van der Waals surface area (Å²) < 4.78 is 45.7. The summed E-state index contributed by atoms with van der Waals surface area (Å²) in [5.74, 6) is 0.390. The second-order valence-electron chi connectivity index (χ2n) is 4.63. The lowest BCUT2D eigenvalue weighted by atomic mass is 10.2.